The zero-order valence-corrected chi connectivity index (χ0v) is 19.6. The Balaban J connectivity index is 2.12. The molecule has 0 aromatic heterocycles. The number of hydrogen-bond donors (Lipinski definition) is 4. The summed E-state index contributed by atoms with van der Waals surface area (Å²) >= 11 is 0. The van der Waals surface area contributed by atoms with E-state index in [4.69, 9.17) is 9.47 Å². The molecule has 9 nitrogen and oxygen atoms in total. The fraction of sp³-hybridized carbons (Fsp3) is 0.583. The van der Waals surface area contributed by atoms with Crippen LogP contribution in [0.15, 0.2) is 49.1 Å². The van der Waals surface area contributed by atoms with Gasteiger partial charge in [-0.1, -0.05) is 63.3 Å². The highest BCUT2D eigenvalue weighted by molar-refractivity contribution is 5.90. The van der Waals surface area contributed by atoms with E-state index in [-0.39, 0.29) is 36.6 Å². The molecule has 0 bridgehead atoms. The Morgan fingerprint density at radius 1 is 1.30 bits per heavy atom. The van der Waals surface area contributed by atoms with Crippen LogP contribution in [0.5, 0.6) is 0 Å². The second kappa shape index (κ2) is 11.7. The van der Waals surface area contributed by atoms with Crippen LogP contribution in [0, 0.1) is 5.41 Å². The van der Waals surface area contributed by atoms with Gasteiger partial charge >= 0.3 is 0 Å². The highest BCUT2D eigenvalue weighted by Gasteiger charge is 2.41. The minimum Gasteiger partial charge on any atom is -0.387 e. The van der Waals surface area contributed by atoms with Gasteiger partial charge in [0.05, 0.1) is 12.6 Å². The molecule has 7 atom stereocenters. The van der Waals surface area contributed by atoms with E-state index in [1.165, 1.54) is 13.2 Å². The van der Waals surface area contributed by atoms with Gasteiger partial charge < -0.3 is 35.0 Å². The smallest absolute Gasteiger partial charge is 0.252 e. The molecule has 4 N–H and O–H groups in total. The molecule has 0 aromatic rings. The molecule has 2 unspecified atom stereocenters. The van der Waals surface area contributed by atoms with Crippen molar-refractivity contribution in [3.63, 3.8) is 0 Å². The highest BCUT2D eigenvalue weighted by atomic mass is 16.5. The summed E-state index contributed by atoms with van der Waals surface area (Å²) in [6.45, 7) is 9.61. The van der Waals surface area contributed by atoms with Crippen molar-refractivity contribution in [2.45, 2.75) is 63.4 Å². The molecule has 0 aromatic carbocycles. The summed E-state index contributed by atoms with van der Waals surface area (Å²) in [5, 5.41) is 33.6. The zero-order valence-electron chi connectivity index (χ0n) is 19.6. The number of aliphatic hydroxyl groups is 3. The second-order valence-corrected chi connectivity index (χ2v) is 9.25. The Bertz CT molecular complexity index is 786. The molecular weight excluding hydrogens is 428 g/mol. The number of carbonyl (C=O) groups is 2. The summed E-state index contributed by atoms with van der Waals surface area (Å²) in [5.41, 5.74) is -0.248. The third-order valence-electron chi connectivity index (χ3n) is 5.41. The van der Waals surface area contributed by atoms with E-state index in [2.05, 4.69) is 11.9 Å². The van der Waals surface area contributed by atoms with Crippen molar-refractivity contribution in [1.82, 2.24) is 10.2 Å². The molecule has 1 aliphatic heterocycles. The molecule has 2 aliphatic rings. The predicted molar refractivity (Wildman–Crippen MR) is 123 cm³/mol. The topological polar surface area (TPSA) is 129 Å². The number of allylic oxidation sites excluding steroid dienone is 3. The van der Waals surface area contributed by atoms with Gasteiger partial charge in [-0.3, -0.25) is 9.59 Å². The Morgan fingerprint density at radius 3 is 2.58 bits per heavy atom. The number of hydrogen-bond acceptors (Lipinski definition) is 7. The number of fused-ring (bicyclic) bond motifs is 1. The second-order valence-electron chi connectivity index (χ2n) is 9.25. The lowest BCUT2D eigenvalue weighted by Crippen LogP contribution is -2.57. The number of methoxy groups -OCH3 is 1. The summed E-state index contributed by atoms with van der Waals surface area (Å²) in [4.78, 5) is 27.6. The number of amides is 2. The Kier molecular flexibility index (Phi) is 9.57. The van der Waals surface area contributed by atoms with Crippen LogP contribution in [0.4, 0.5) is 0 Å². The third-order valence-corrected chi connectivity index (χ3v) is 5.41. The third kappa shape index (κ3) is 7.09. The molecule has 2 rings (SSSR count). The number of carbonyl (C=O) groups excluding carboxylic acids is 2. The summed E-state index contributed by atoms with van der Waals surface area (Å²) in [6, 6.07) is -1.37. The maximum atomic E-state index is 13.2. The lowest BCUT2D eigenvalue weighted by Gasteiger charge is -2.32. The molecule has 0 saturated carbocycles. The maximum absolute atomic E-state index is 13.2. The van der Waals surface area contributed by atoms with Gasteiger partial charge in [-0.25, -0.2) is 0 Å². The van der Waals surface area contributed by atoms with Crippen molar-refractivity contribution in [2.24, 2.45) is 5.41 Å². The number of nitrogens with one attached hydrogen (secondary N) is 1. The van der Waals surface area contributed by atoms with Crippen LogP contribution in [-0.2, 0) is 19.1 Å². The lowest BCUT2D eigenvalue weighted by molar-refractivity contribution is -0.152. The van der Waals surface area contributed by atoms with Gasteiger partial charge in [0.1, 0.15) is 30.5 Å². The Labute approximate surface area is 195 Å². The van der Waals surface area contributed by atoms with Crippen LogP contribution < -0.4 is 5.32 Å². The monoisotopic (exact) mass is 464 g/mol. The normalized spacial score (nSPS) is 26.9. The number of aliphatic hydroxyl groups excluding tert-OH is 3. The Morgan fingerprint density at radius 2 is 1.97 bits per heavy atom. The van der Waals surface area contributed by atoms with E-state index < -0.39 is 36.4 Å². The van der Waals surface area contributed by atoms with E-state index in [9.17, 15) is 24.9 Å². The van der Waals surface area contributed by atoms with Gasteiger partial charge in [-0.05, 0) is 5.41 Å². The molecule has 1 aliphatic carbocycles. The molecular formula is C24H36N2O7. The molecule has 0 spiro atoms. The molecule has 0 radical (unpaired) electrons. The molecule has 1 saturated heterocycles. The van der Waals surface area contributed by atoms with E-state index in [0.29, 0.717) is 0 Å². The van der Waals surface area contributed by atoms with Crippen LogP contribution in [0.25, 0.3) is 0 Å². The summed E-state index contributed by atoms with van der Waals surface area (Å²) in [5.74, 6) is -1.18. The molecule has 1 heterocycles. The minimum absolute atomic E-state index is 0.0798. The fourth-order valence-electron chi connectivity index (χ4n) is 3.63. The average Bonchev–Trinajstić information content (AvgIpc) is 2.89. The highest BCUT2D eigenvalue weighted by Crippen LogP contribution is 2.21. The van der Waals surface area contributed by atoms with Crippen molar-refractivity contribution < 1.29 is 34.4 Å². The van der Waals surface area contributed by atoms with E-state index in [0.717, 1.165) is 0 Å². The molecule has 2 amide bonds. The minimum atomic E-state index is -1.74. The van der Waals surface area contributed by atoms with E-state index in [1.54, 1.807) is 17.1 Å². The molecule has 33 heavy (non-hydrogen) atoms. The quantitative estimate of drug-likeness (QED) is 0.356. The van der Waals surface area contributed by atoms with Crippen LogP contribution in [0.2, 0.25) is 0 Å². The van der Waals surface area contributed by atoms with Gasteiger partial charge in [0, 0.05) is 13.7 Å². The van der Waals surface area contributed by atoms with E-state index in [1.807, 2.05) is 45.1 Å². The van der Waals surface area contributed by atoms with Crippen molar-refractivity contribution in [1.29, 1.82) is 0 Å². The van der Waals surface area contributed by atoms with Gasteiger partial charge in [-0.2, -0.15) is 0 Å². The Hall–Kier alpha value is -2.30. The summed E-state index contributed by atoms with van der Waals surface area (Å²) in [6.07, 6.45) is 5.24. The van der Waals surface area contributed by atoms with Crippen molar-refractivity contribution in [2.75, 3.05) is 20.3 Å². The van der Waals surface area contributed by atoms with Gasteiger partial charge in [0.15, 0.2) is 6.10 Å². The van der Waals surface area contributed by atoms with Crippen molar-refractivity contribution >= 4 is 11.8 Å². The van der Waals surface area contributed by atoms with Crippen LogP contribution >= 0.6 is 0 Å². The van der Waals surface area contributed by atoms with Crippen molar-refractivity contribution in [3.05, 3.63) is 49.1 Å². The van der Waals surface area contributed by atoms with Gasteiger partial charge in [-0.15, -0.1) is 6.58 Å². The fourth-order valence-corrected chi connectivity index (χ4v) is 3.63. The van der Waals surface area contributed by atoms with Crippen LogP contribution in [0.1, 0.15) is 20.8 Å². The first kappa shape index (κ1) is 26.9. The molecule has 9 heteroatoms. The SMILES string of the molecule is C=CCN1C(=O)[C@@H](NC(=O)[C@H](OC)[C@H](O)[C@@H](O)[C@H](O)/C=C/C(C)(C)C)COC2C=CC=CC21. The average molecular weight is 465 g/mol. The predicted octanol–water partition coefficient (Wildman–Crippen LogP) is 0.0792. The lowest BCUT2D eigenvalue weighted by atomic mass is 9.94. The first-order valence-corrected chi connectivity index (χ1v) is 10.9. The first-order chi connectivity index (χ1) is 15.5. The number of nitrogens with zero attached hydrogens (tertiary/aromatic N) is 1. The summed E-state index contributed by atoms with van der Waals surface area (Å²) < 4.78 is 10.9. The molecule has 1 fully saturated rings. The number of rotatable bonds is 9. The standard InChI is InChI=1S/C24H36N2O7/c1-6-13-26-16-9-7-8-10-18(16)33-14-15(23(26)31)25-22(30)21(32-5)20(29)19(28)17(27)11-12-24(2,3)4/h6-12,15-21,27-29H,1,13-14H2,2-5H3,(H,25,30)/b12-11+/t15-,16?,17+,18?,19-,20+,21+/m0/s1. The largest absolute Gasteiger partial charge is 0.387 e. The van der Waals surface area contributed by atoms with E-state index >= 15 is 0 Å². The first-order valence-electron chi connectivity index (χ1n) is 10.9. The number of ether oxygens (including phenoxy) is 2. The van der Waals surface area contributed by atoms with Gasteiger partial charge in [0.2, 0.25) is 5.91 Å². The van der Waals surface area contributed by atoms with Crippen LogP contribution in [-0.4, -0.2) is 94.9 Å². The van der Waals surface area contributed by atoms with Gasteiger partial charge in [0.25, 0.3) is 5.91 Å². The maximum Gasteiger partial charge on any atom is 0.252 e. The van der Waals surface area contributed by atoms with Crippen molar-refractivity contribution in [3.8, 4) is 0 Å². The van der Waals surface area contributed by atoms with Crippen LogP contribution in [0.3, 0.4) is 0 Å². The summed E-state index contributed by atoms with van der Waals surface area (Å²) in [7, 11) is 1.19. The zero-order chi connectivity index (χ0) is 24.8. The molecule has 184 valence electrons.